The van der Waals surface area contributed by atoms with Crippen molar-refractivity contribution in [2.45, 2.75) is 49.6 Å². The monoisotopic (exact) mass is 408 g/mol. The molecule has 6 nitrogen and oxygen atoms in total. The van der Waals surface area contributed by atoms with E-state index in [9.17, 15) is 9.50 Å². The Kier molecular flexibility index (Phi) is 6.10. The van der Waals surface area contributed by atoms with Crippen molar-refractivity contribution in [2.75, 3.05) is 37.4 Å². The summed E-state index contributed by atoms with van der Waals surface area (Å²) in [5, 5.41) is 14.1. The van der Waals surface area contributed by atoms with Crippen molar-refractivity contribution in [3.8, 4) is 0 Å². The van der Waals surface area contributed by atoms with E-state index in [0.29, 0.717) is 49.7 Å². The number of H-pyrrole nitrogens is 1. The van der Waals surface area contributed by atoms with Crippen LogP contribution in [0.25, 0.3) is 11.0 Å². The van der Waals surface area contributed by atoms with Crippen molar-refractivity contribution in [1.29, 1.82) is 0 Å². The number of methoxy groups -OCH3 is 1. The van der Waals surface area contributed by atoms with Crippen molar-refractivity contribution in [3.05, 3.63) is 17.9 Å². The van der Waals surface area contributed by atoms with Crippen LogP contribution in [0, 0.1) is 11.7 Å². The highest BCUT2D eigenvalue weighted by molar-refractivity contribution is 7.99. The van der Waals surface area contributed by atoms with E-state index in [1.807, 2.05) is 11.0 Å². The number of halogens is 1. The van der Waals surface area contributed by atoms with E-state index in [1.165, 1.54) is 6.07 Å². The van der Waals surface area contributed by atoms with Gasteiger partial charge >= 0.3 is 0 Å². The molecule has 2 aliphatic rings. The number of hydrogen-bond donors (Lipinski definition) is 3. The Morgan fingerprint density at radius 3 is 2.86 bits per heavy atom. The van der Waals surface area contributed by atoms with Crippen LogP contribution in [-0.2, 0) is 4.74 Å². The molecule has 0 aliphatic carbocycles. The molecular formula is C20H29FN4O2S. The standard InChI is InChI=1S/C20H29FN4O2S/c1-12-17(22-6-3-19(12)27-2)11-28-20-23-15-9-14(21)18(10-16(15)24-20)25-7-4-13(26)5-8-25/h9-10,12-13,17,19,22,26H,3-8,11H2,1-2H3,(H,23,24). The summed E-state index contributed by atoms with van der Waals surface area (Å²) in [6.07, 6.45) is 2.41. The van der Waals surface area contributed by atoms with Gasteiger partial charge in [0.25, 0.3) is 0 Å². The van der Waals surface area contributed by atoms with E-state index < -0.39 is 0 Å². The van der Waals surface area contributed by atoms with Gasteiger partial charge in [0.15, 0.2) is 5.16 Å². The van der Waals surface area contributed by atoms with Gasteiger partial charge in [-0.05, 0) is 37.8 Å². The predicted octanol–water partition coefficient (Wildman–Crippen LogP) is 2.77. The summed E-state index contributed by atoms with van der Waals surface area (Å²) in [6.45, 7) is 4.53. The summed E-state index contributed by atoms with van der Waals surface area (Å²) >= 11 is 1.66. The summed E-state index contributed by atoms with van der Waals surface area (Å²) in [6, 6.07) is 3.73. The van der Waals surface area contributed by atoms with Crippen molar-refractivity contribution in [3.63, 3.8) is 0 Å². The fraction of sp³-hybridized carbons (Fsp3) is 0.650. The second-order valence-electron chi connectivity index (χ2n) is 7.87. The quantitative estimate of drug-likeness (QED) is 0.661. The molecule has 2 aliphatic heterocycles. The SMILES string of the molecule is COC1CCNC(CSc2nc3cc(N4CCC(O)CC4)c(F)cc3[nH]2)C1C. The number of aliphatic hydroxyl groups is 1. The number of imidazole rings is 1. The lowest BCUT2D eigenvalue weighted by atomic mass is 9.91. The number of rotatable bonds is 5. The summed E-state index contributed by atoms with van der Waals surface area (Å²) < 4.78 is 20.2. The Morgan fingerprint density at radius 2 is 2.11 bits per heavy atom. The molecule has 0 saturated carbocycles. The minimum atomic E-state index is -0.273. The molecule has 0 bridgehead atoms. The number of nitrogens with one attached hydrogen (secondary N) is 2. The van der Waals surface area contributed by atoms with Gasteiger partial charge in [-0.2, -0.15) is 0 Å². The second-order valence-corrected chi connectivity index (χ2v) is 8.88. The Morgan fingerprint density at radius 1 is 1.32 bits per heavy atom. The molecule has 2 saturated heterocycles. The number of piperidine rings is 2. The molecule has 3 unspecified atom stereocenters. The van der Waals surface area contributed by atoms with Gasteiger partial charge < -0.3 is 25.0 Å². The van der Waals surface area contributed by atoms with Crippen LogP contribution in [0.5, 0.6) is 0 Å². The molecule has 1 aromatic heterocycles. The maximum Gasteiger partial charge on any atom is 0.166 e. The van der Waals surface area contributed by atoms with E-state index in [2.05, 4.69) is 22.2 Å². The number of benzene rings is 1. The first kappa shape index (κ1) is 19.9. The number of thioether (sulfide) groups is 1. The van der Waals surface area contributed by atoms with E-state index in [4.69, 9.17) is 4.74 Å². The molecule has 0 amide bonds. The second kappa shape index (κ2) is 8.57. The van der Waals surface area contributed by atoms with Gasteiger partial charge in [0.1, 0.15) is 5.82 Å². The zero-order valence-electron chi connectivity index (χ0n) is 16.4. The Bertz CT molecular complexity index is 809. The molecule has 3 atom stereocenters. The average Bonchev–Trinajstić information content (AvgIpc) is 3.09. The van der Waals surface area contributed by atoms with Gasteiger partial charge in [-0.25, -0.2) is 9.37 Å². The van der Waals surface area contributed by atoms with Crippen LogP contribution in [0.3, 0.4) is 0 Å². The minimum absolute atomic E-state index is 0.241. The summed E-state index contributed by atoms with van der Waals surface area (Å²) in [5.74, 6) is 1.09. The highest BCUT2D eigenvalue weighted by Crippen LogP contribution is 2.30. The molecule has 1 aromatic carbocycles. The first-order valence-electron chi connectivity index (χ1n) is 10.1. The average molecular weight is 409 g/mol. The number of nitrogens with zero attached hydrogens (tertiary/aromatic N) is 2. The molecule has 2 aromatic rings. The Labute approximate surface area is 169 Å². The van der Waals surface area contributed by atoms with Gasteiger partial charge in [-0.15, -0.1) is 0 Å². The number of fused-ring (bicyclic) bond motifs is 1. The molecule has 0 spiro atoms. The molecule has 28 heavy (non-hydrogen) atoms. The topological polar surface area (TPSA) is 73.4 Å². The number of aromatic amines is 1. The van der Waals surface area contributed by atoms with E-state index in [1.54, 1.807) is 18.9 Å². The van der Waals surface area contributed by atoms with Crippen LogP contribution >= 0.6 is 11.8 Å². The van der Waals surface area contributed by atoms with Gasteiger partial charge in [-0.1, -0.05) is 18.7 Å². The minimum Gasteiger partial charge on any atom is -0.393 e. The van der Waals surface area contributed by atoms with Crippen LogP contribution in [-0.4, -0.2) is 65.8 Å². The zero-order valence-corrected chi connectivity index (χ0v) is 17.3. The normalized spacial score (nSPS) is 26.9. The summed E-state index contributed by atoms with van der Waals surface area (Å²) in [7, 11) is 1.78. The third-order valence-corrected chi connectivity index (χ3v) is 7.09. The molecule has 4 rings (SSSR count). The molecule has 154 valence electrons. The highest BCUT2D eigenvalue weighted by atomic mass is 32.2. The smallest absolute Gasteiger partial charge is 0.166 e. The molecule has 2 fully saturated rings. The third kappa shape index (κ3) is 4.15. The van der Waals surface area contributed by atoms with Gasteiger partial charge in [0.05, 0.1) is 28.9 Å². The number of aromatic nitrogens is 2. The summed E-state index contributed by atoms with van der Waals surface area (Å²) in [5.41, 5.74) is 2.08. The Hall–Kier alpha value is -1.35. The number of aliphatic hydroxyl groups excluding tert-OH is 1. The van der Waals surface area contributed by atoms with Gasteiger partial charge in [-0.3, -0.25) is 0 Å². The summed E-state index contributed by atoms with van der Waals surface area (Å²) in [4.78, 5) is 9.93. The van der Waals surface area contributed by atoms with Crippen molar-refractivity contribution in [2.24, 2.45) is 5.92 Å². The van der Waals surface area contributed by atoms with Crippen LogP contribution < -0.4 is 10.2 Å². The van der Waals surface area contributed by atoms with Crippen LogP contribution in [0.4, 0.5) is 10.1 Å². The van der Waals surface area contributed by atoms with Gasteiger partial charge in [0, 0.05) is 38.1 Å². The van der Waals surface area contributed by atoms with E-state index >= 15 is 0 Å². The van der Waals surface area contributed by atoms with Crippen LogP contribution in [0.2, 0.25) is 0 Å². The first-order valence-corrected chi connectivity index (χ1v) is 11.0. The molecule has 3 heterocycles. The molecule has 8 heteroatoms. The lowest BCUT2D eigenvalue weighted by molar-refractivity contribution is 0.0225. The van der Waals surface area contributed by atoms with Crippen molar-refractivity contribution < 1.29 is 14.2 Å². The Balaban J connectivity index is 1.46. The van der Waals surface area contributed by atoms with E-state index in [0.717, 1.165) is 34.9 Å². The number of ether oxygens (including phenoxy) is 1. The number of hydrogen-bond acceptors (Lipinski definition) is 6. The lowest BCUT2D eigenvalue weighted by Gasteiger charge is -2.35. The fourth-order valence-corrected chi connectivity index (χ4v) is 5.35. The van der Waals surface area contributed by atoms with E-state index in [-0.39, 0.29) is 11.9 Å². The van der Waals surface area contributed by atoms with Crippen molar-refractivity contribution in [1.82, 2.24) is 15.3 Å². The molecular weight excluding hydrogens is 379 g/mol. The zero-order chi connectivity index (χ0) is 19.7. The first-order chi connectivity index (χ1) is 13.5. The number of anilines is 1. The van der Waals surface area contributed by atoms with Gasteiger partial charge in [0.2, 0.25) is 0 Å². The van der Waals surface area contributed by atoms with Crippen molar-refractivity contribution >= 4 is 28.5 Å². The fourth-order valence-electron chi connectivity index (χ4n) is 4.24. The largest absolute Gasteiger partial charge is 0.393 e. The predicted molar refractivity (Wildman–Crippen MR) is 111 cm³/mol. The highest BCUT2D eigenvalue weighted by Gasteiger charge is 2.29. The maximum absolute atomic E-state index is 14.6. The van der Waals surface area contributed by atoms with Crippen LogP contribution in [0.15, 0.2) is 17.3 Å². The lowest BCUT2D eigenvalue weighted by Crippen LogP contribution is -2.49. The molecule has 0 radical (unpaired) electrons. The maximum atomic E-state index is 14.6. The van der Waals surface area contributed by atoms with Crippen LogP contribution in [0.1, 0.15) is 26.2 Å². The third-order valence-electron chi connectivity index (χ3n) is 6.09. The molecule has 3 N–H and O–H groups in total.